The van der Waals surface area contributed by atoms with Gasteiger partial charge in [-0.15, -0.1) is 0 Å². The number of benzene rings is 1. The van der Waals surface area contributed by atoms with Crippen molar-refractivity contribution < 1.29 is 14.1 Å². The van der Waals surface area contributed by atoms with Crippen LogP contribution >= 0.6 is 0 Å². The Morgan fingerprint density at radius 2 is 2.32 bits per heavy atom. The normalized spacial score (nSPS) is 10.2. The van der Waals surface area contributed by atoms with Gasteiger partial charge in [-0.05, 0) is 13.0 Å². The van der Waals surface area contributed by atoms with Crippen molar-refractivity contribution in [2.24, 2.45) is 0 Å². The molecule has 0 saturated heterocycles. The van der Waals surface area contributed by atoms with Crippen LogP contribution in [0.1, 0.15) is 11.7 Å². The summed E-state index contributed by atoms with van der Waals surface area (Å²) in [7, 11) is 1.50. The zero-order valence-electron chi connectivity index (χ0n) is 10.5. The molecule has 100 valence electrons. The molecule has 7 heteroatoms. The first-order valence-corrected chi connectivity index (χ1v) is 5.57. The number of nitro benzene ring substituents is 1. The maximum Gasteiger partial charge on any atom is 0.292 e. The van der Waals surface area contributed by atoms with Gasteiger partial charge in [-0.2, -0.15) is 0 Å². The number of aryl methyl sites for hydroxylation is 1. The van der Waals surface area contributed by atoms with Gasteiger partial charge in [-0.3, -0.25) is 10.1 Å². The van der Waals surface area contributed by atoms with Crippen molar-refractivity contribution in [1.82, 2.24) is 4.98 Å². The molecule has 0 spiro atoms. The molecule has 0 unspecified atom stereocenters. The van der Waals surface area contributed by atoms with Gasteiger partial charge in [0.25, 0.3) is 5.69 Å². The van der Waals surface area contributed by atoms with Crippen LogP contribution in [0.15, 0.2) is 28.8 Å². The number of aromatic nitrogens is 1. The molecular formula is C12H13N3O4. The monoisotopic (exact) mass is 263 g/mol. The van der Waals surface area contributed by atoms with Crippen molar-refractivity contribution in [2.75, 3.05) is 12.4 Å². The predicted molar refractivity (Wildman–Crippen MR) is 68.2 cm³/mol. The Kier molecular flexibility index (Phi) is 3.65. The van der Waals surface area contributed by atoms with Gasteiger partial charge in [-0.1, -0.05) is 0 Å². The number of ether oxygens (including phenoxy) is 1. The minimum Gasteiger partial charge on any atom is -0.497 e. The van der Waals surface area contributed by atoms with E-state index in [1.165, 1.54) is 13.2 Å². The van der Waals surface area contributed by atoms with Crippen LogP contribution in [0.5, 0.6) is 5.75 Å². The van der Waals surface area contributed by atoms with Crippen molar-refractivity contribution in [3.8, 4) is 5.75 Å². The van der Waals surface area contributed by atoms with Crippen LogP contribution in [-0.4, -0.2) is 17.0 Å². The average Bonchev–Trinajstić information content (AvgIpc) is 2.81. The first kappa shape index (κ1) is 12.9. The first-order chi connectivity index (χ1) is 9.10. The van der Waals surface area contributed by atoms with Crippen LogP contribution in [0.3, 0.4) is 0 Å². The molecule has 1 heterocycles. The summed E-state index contributed by atoms with van der Waals surface area (Å²) in [6.07, 6.45) is 1.59. The van der Waals surface area contributed by atoms with Crippen molar-refractivity contribution in [3.05, 3.63) is 46.2 Å². The zero-order valence-corrected chi connectivity index (χ0v) is 10.5. The topological polar surface area (TPSA) is 90.4 Å². The minimum atomic E-state index is -0.456. The average molecular weight is 263 g/mol. The molecule has 1 N–H and O–H groups in total. The number of hydrogen-bond donors (Lipinski definition) is 1. The van der Waals surface area contributed by atoms with E-state index in [1.54, 1.807) is 25.3 Å². The van der Waals surface area contributed by atoms with E-state index in [4.69, 9.17) is 9.15 Å². The summed E-state index contributed by atoms with van der Waals surface area (Å²) >= 11 is 0. The highest BCUT2D eigenvalue weighted by molar-refractivity contribution is 5.64. The molecule has 19 heavy (non-hydrogen) atoms. The number of anilines is 1. The predicted octanol–water partition coefficient (Wildman–Crippen LogP) is 2.51. The lowest BCUT2D eigenvalue weighted by Crippen LogP contribution is -2.03. The Morgan fingerprint density at radius 1 is 1.53 bits per heavy atom. The number of methoxy groups -OCH3 is 1. The second kappa shape index (κ2) is 5.38. The molecule has 0 saturated carbocycles. The lowest BCUT2D eigenvalue weighted by Gasteiger charge is -2.07. The fourth-order valence-electron chi connectivity index (χ4n) is 1.60. The van der Waals surface area contributed by atoms with E-state index in [0.717, 1.165) is 0 Å². The van der Waals surface area contributed by atoms with Crippen LogP contribution in [0.25, 0.3) is 0 Å². The van der Waals surface area contributed by atoms with Crippen LogP contribution in [0.4, 0.5) is 11.4 Å². The quantitative estimate of drug-likeness (QED) is 0.658. The minimum absolute atomic E-state index is 0.0240. The first-order valence-electron chi connectivity index (χ1n) is 5.57. The fourth-order valence-corrected chi connectivity index (χ4v) is 1.60. The van der Waals surface area contributed by atoms with Crippen LogP contribution in [0.2, 0.25) is 0 Å². The molecule has 0 aliphatic carbocycles. The van der Waals surface area contributed by atoms with E-state index < -0.39 is 4.92 Å². The maximum absolute atomic E-state index is 10.9. The molecule has 0 fully saturated rings. The van der Waals surface area contributed by atoms with Gasteiger partial charge in [-0.25, -0.2) is 4.98 Å². The molecule has 1 aromatic carbocycles. The number of nitrogens with zero attached hydrogens (tertiary/aromatic N) is 2. The van der Waals surface area contributed by atoms with Crippen molar-refractivity contribution in [3.63, 3.8) is 0 Å². The van der Waals surface area contributed by atoms with Crippen molar-refractivity contribution in [1.29, 1.82) is 0 Å². The lowest BCUT2D eigenvalue weighted by molar-refractivity contribution is -0.384. The van der Waals surface area contributed by atoms with Crippen LogP contribution in [0, 0.1) is 17.0 Å². The van der Waals surface area contributed by atoms with Crippen molar-refractivity contribution >= 4 is 11.4 Å². The van der Waals surface area contributed by atoms with Gasteiger partial charge in [0, 0.05) is 12.1 Å². The summed E-state index contributed by atoms with van der Waals surface area (Å²) in [6, 6.07) is 4.49. The molecule has 0 aliphatic rings. The molecule has 2 rings (SSSR count). The van der Waals surface area contributed by atoms with Gasteiger partial charge >= 0.3 is 0 Å². The summed E-state index contributed by atoms with van der Waals surface area (Å²) in [4.78, 5) is 14.5. The third-order valence-corrected chi connectivity index (χ3v) is 2.50. The fraction of sp³-hybridized carbons (Fsp3) is 0.250. The molecule has 7 nitrogen and oxygen atoms in total. The molecule has 0 aliphatic heterocycles. The van der Waals surface area contributed by atoms with Crippen molar-refractivity contribution in [2.45, 2.75) is 13.5 Å². The summed E-state index contributed by atoms with van der Waals surface area (Å²) in [6.45, 7) is 2.05. The zero-order chi connectivity index (χ0) is 13.8. The summed E-state index contributed by atoms with van der Waals surface area (Å²) < 4.78 is 10.3. The Hall–Kier alpha value is -2.57. The highest BCUT2D eigenvalue weighted by Gasteiger charge is 2.15. The lowest BCUT2D eigenvalue weighted by atomic mass is 10.2. The Labute approximate surface area is 109 Å². The number of rotatable bonds is 5. The third kappa shape index (κ3) is 3.01. The SMILES string of the molecule is COc1ccc([N+](=O)[O-])c(NCc2ncc(C)o2)c1. The van der Waals surface area contributed by atoms with Crippen LogP contribution in [-0.2, 0) is 6.54 Å². The summed E-state index contributed by atoms with van der Waals surface area (Å²) in [5.74, 6) is 1.70. The highest BCUT2D eigenvalue weighted by atomic mass is 16.6. The second-order valence-corrected chi connectivity index (χ2v) is 3.86. The second-order valence-electron chi connectivity index (χ2n) is 3.86. The Balaban J connectivity index is 2.19. The van der Waals surface area contributed by atoms with E-state index in [-0.39, 0.29) is 12.2 Å². The summed E-state index contributed by atoms with van der Waals surface area (Å²) in [5.41, 5.74) is 0.337. The van der Waals surface area contributed by atoms with Gasteiger partial charge in [0.05, 0.1) is 24.8 Å². The van der Waals surface area contributed by atoms with Crippen LogP contribution < -0.4 is 10.1 Å². The molecule has 0 amide bonds. The molecular weight excluding hydrogens is 250 g/mol. The van der Waals surface area contributed by atoms with Gasteiger partial charge in [0.2, 0.25) is 5.89 Å². The van der Waals surface area contributed by atoms with E-state index >= 15 is 0 Å². The smallest absolute Gasteiger partial charge is 0.292 e. The molecule has 0 atom stereocenters. The molecule has 0 radical (unpaired) electrons. The number of nitrogens with one attached hydrogen (secondary N) is 1. The maximum atomic E-state index is 10.9. The van der Waals surface area contributed by atoms with E-state index in [0.29, 0.717) is 23.1 Å². The molecule has 1 aromatic heterocycles. The Morgan fingerprint density at radius 3 is 2.89 bits per heavy atom. The molecule has 0 bridgehead atoms. The van der Waals surface area contributed by atoms with Gasteiger partial charge < -0.3 is 14.5 Å². The van der Waals surface area contributed by atoms with E-state index in [9.17, 15) is 10.1 Å². The Bertz CT molecular complexity index is 594. The standard InChI is InChI=1S/C12H13N3O4/c1-8-6-14-12(19-8)7-13-10-5-9(18-2)3-4-11(10)15(16)17/h3-6,13H,7H2,1-2H3. The highest BCUT2D eigenvalue weighted by Crippen LogP contribution is 2.29. The number of nitro groups is 1. The largest absolute Gasteiger partial charge is 0.497 e. The third-order valence-electron chi connectivity index (χ3n) is 2.50. The van der Waals surface area contributed by atoms with E-state index in [1.807, 2.05) is 0 Å². The van der Waals surface area contributed by atoms with Gasteiger partial charge in [0.15, 0.2) is 0 Å². The number of hydrogen-bond acceptors (Lipinski definition) is 6. The van der Waals surface area contributed by atoms with E-state index in [2.05, 4.69) is 10.3 Å². The van der Waals surface area contributed by atoms with Gasteiger partial charge in [0.1, 0.15) is 17.2 Å². The molecule has 2 aromatic rings. The summed E-state index contributed by atoms with van der Waals surface area (Å²) in [5, 5.41) is 13.8. The number of oxazole rings is 1.